The number of hydrogen-bond acceptors (Lipinski definition) is 4. The smallest absolute Gasteiger partial charge is 0.332 e. The standard InChI is InChI=1S/C12H25NO3/c1-5-10(3)11(4)13-7-8-15-9-12(14)16-6-2/h10-11,13H,5-9H2,1-4H3. The van der Waals surface area contributed by atoms with Crippen LogP contribution in [0.5, 0.6) is 0 Å². The van der Waals surface area contributed by atoms with Crippen LogP contribution >= 0.6 is 0 Å². The molecular formula is C12H25NO3. The molecule has 0 radical (unpaired) electrons. The van der Waals surface area contributed by atoms with Gasteiger partial charge in [-0.25, -0.2) is 4.79 Å². The van der Waals surface area contributed by atoms with Crippen molar-refractivity contribution in [1.82, 2.24) is 5.32 Å². The van der Waals surface area contributed by atoms with E-state index in [1.807, 2.05) is 0 Å². The van der Waals surface area contributed by atoms with Gasteiger partial charge in [-0.3, -0.25) is 0 Å². The molecule has 0 aliphatic heterocycles. The minimum absolute atomic E-state index is 0.0488. The van der Waals surface area contributed by atoms with Crippen LogP contribution in [0.15, 0.2) is 0 Å². The lowest BCUT2D eigenvalue weighted by atomic mass is 10.0. The summed E-state index contributed by atoms with van der Waals surface area (Å²) in [5.74, 6) is 0.363. The molecule has 2 atom stereocenters. The second kappa shape index (κ2) is 9.60. The van der Waals surface area contributed by atoms with Crippen molar-refractivity contribution >= 4 is 5.97 Å². The SMILES string of the molecule is CCOC(=O)COCCNC(C)C(C)CC. The maximum absolute atomic E-state index is 10.9. The predicted octanol–water partition coefficient (Wildman–Crippen LogP) is 1.59. The Morgan fingerprint density at radius 1 is 1.31 bits per heavy atom. The van der Waals surface area contributed by atoms with Crippen molar-refractivity contribution in [3.05, 3.63) is 0 Å². The average Bonchev–Trinajstić information content (AvgIpc) is 2.27. The lowest BCUT2D eigenvalue weighted by Gasteiger charge is -2.19. The minimum Gasteiger partial charge on any atom is -0.464 e. The van der Waals surface area contributed by atoms with Gasteiger partial charge in [-0.05, 0) is 19.8 Å². The molecule has 0 amide bonds. The van der Waals surface area contributed by atoms with Gasteiger partial charge in [0.15, 0.2) is 0 Å². The zero-order valence-corrected chi connectivity index (χ0v) is 10.9. The second-order valence-electron chi connectivity index (χ2n) is 3.99. The van der Waals surface area contributed by atoms with Crippen molar-refractivity contribution in [3.63, 3.8) is 0 Å². The Bertz CT molecular complexity index is 185. The zero-order chi connectivity index (χ0) is 12.4. The molecular weight excluding hydrogens is 206 g/mol. The largest absolute Gasteiger partial charge is 0.464 e. The van der Waals surface area contributed by atoms with Gasteiger partial charge >= 0.3 is 5.97 Å². The third kappa shape index (κ3) is 7.65. The van der Waals surface area contributed by atoms with E-state index in [4.69, 9.17) is 9.47 Å². The first-order valence-corrected chi connectivity index (χ1v) is 6.08. The first-order chi connectivity index (χ1) is 7.61. The Morgan fingerprint density at radius 3 is 2.56 bits per heavy atom. The second-order valence-corrected chi connectivity index (χ2v) is 3.99. The Hall–Kier alpha value is -0.610. The fourth-order valence-electron chi connectivity index (χ4n) is 1.27. The third-order valence-corrected chi connectivity index (χ3v) is 2.74. The topological polar surface area (TPSA) is 47.6 Å². The summed E-state index contributed by atoms with van der Waals surface area (Å²) in [6.07, 6.45) is 1.16. The number of carbonyl (C=O) groups excluding carboxylic acids is 1. The molecule has 0 heterocycles. The van der Waals surface area contributed by atoms with E-state index in [0.717, 1.165) is 13.0 Å². The summed E-state index contributed by atoms with van der Waals surface area (Å²) >= 11 is 0. The molecule has 0 aromatic carbocycles. The molecule has 16 heavy (non-hydrogen) atoms. The lowest BCUT2D eigenvalue weighted by Crippen LogP contribution is -2.34. The highest BCUT2D eigenvalue weighted by Gasteiger charge is 2.08. The zero-order valence-electron chi connectivity index (χ0n) is 10.9. The molecule has 0 rings (SSSR count). The van der Waals surface area contributed by atoms with Gasteiger partial charge < -0.3 is 14.8 Å². The number of ether oxygens (including phenoxy) is 2. The summed E-state index contributed by atoms with van der Waals surface area (Å²) < 4.78 is 9.92. The fourth-order valence-corrected chi connectivity index (χ4v) is 1.27. The monoisotopic (exact) mass is 231 g/mol. The lowest BCUT2D eigenvalue weighted by molar-refractivity contribution is -0.148. The van der Waals surface area contributed by atoms with E-state index >= 15 is 0 Å². The molecule has 0 aliphatic carbocycles. The van der Waals surface area contributed by atoms with Crippen LogP contribution in [0.4, 0.5) is 0 Å². The van der Waals surface area contributed by atoms with E-state index < -0.39 is 0 Å². The Balaban J connectivity index is 3.36. The molecule has 4 nitrogen and oxygen atoms in total. The first-order valence-electron chi connectivity index (χ1n) is 6.08. The van der Waals surface area contributed by atoms with E-state index in [1.54, 1.807) is 6.92 Å². The summed E-state index contributed by atoms with van der Waals surface area (Å²) in [4.78, 5) is 10.9. The van der Waals surface area contributed by atoms with Gasteiger partial charge in [-0.1, -0.05) is 20.3 Å². The average molecular weight is 231 g/mol. The molecule has 0 saturated carbocycles. The number of carbonyl (C=O) groups is 1. The molecule has 0 aromatic rings. The number of esters is 1. The summed E-state index contributed by atoms with van der Waals surface area (Å²) in [5, 5.41) is 3.36. The molecule has 1 N–H and O–H groups in total. The van der Waals surface area contributed by atoms with Gasteiger partial charge in [-0.2, -0.15) is 0 Å². The molecule has 0 saturated heterocycles. The van der Waals surface area contributed by atoms with Crippen LogP contribution in [0.2, 0.25) is 0 Å². The molecule has 96 valence electrons. The molecule has 0 spiro atoms. The van der Waals surface area contributed by atoms with E-state index in [2.05, 4.69) is 26.1 Å². The quantitative estimate of drug-likeness (QED) is 0.483. The molecule has 4 heteroatoms. The summed E-state index contributed by atoms with van der Waals surface area (Å²) in [6, 6.07) is 0.483. The molecule has 0 fully saturated rings. The van der Waals surface area contributed by atoms with Crippen LogP contribution in [0.25, 0.3) is 0 Å². The van der Waals surface area contributed by atoms with E-state index in [1.165, 1.54) is 0 Å². The van der Waals surface area contributed by atoms with Gasteiger partial charge in [0.05, 0.1) is 13.2 Å². The van der Waals surface area contributed by atoms with Crippen LogP contribution in [0, 0.1) is 5.92 Å². The minimum atomic E-state index is -0.294. The van der Waals surface area contributed by atoms with Crippen molar-refractivity contribution < 1.29 is 14.3 Å². The maximum atomic E-state index is 10.9. The van der Waals surface area contributed by atoms with Gasteiger partial charge in [0.2, 0.25) is 0 Å². The van der Waals surface area contributed by atoms with Crippen LogP contribution in [-0.4, -0.2) is 38.4 Å². The highest BCUT2D eigenvalue weighted by Crippen LogP contribution is 2.05. The van der Waals surface area contributed by atoms with Crippen molar-refractivity contribution in [2.45, 2.75) is 40.2 Å². The third-order valence-electron chi connectivity index (χ3n) is 2.74. The van der Waals surface area contributed by atoms with Gasteiger partial charge in [-0.15, -0.1) is 0 Å². The predicted molar refractivity (Wildman–Crippen MR) is 64.4 cm³/mol. The van der Waals surface area contributed by atoms with Gasteiger partial charge in [0, 0.05) is 12.6 Å². The van der Waals surface area contributed by atoms with Crippen molar-refractivity contribution in [1.29, 1.82) is 0 Å². The van der Waals surface area contributed by atoms with Crippen molar-refractivity contribution in [2.75, 3.05) is 26.4 Å². The molecule has 0 aliphatic rings. The first kappa shape index (κ1) is 15.4. The Morgan fingerprint density at radius 2 is 2.00 bits per heavy atom. The summed E-state index contributed by atoms with van der Waals surface area (Å²) in [5.41, 5.74) is 0. The highest BCUT2D eigenvalue weighted by atomic mass is 16.6. The van der Waals surface area contributed by atoms with E-state index in [-0.39, 0.29) is 12.6 Å². The van der Waals surface area contributed by atoms with Gasteiger partial charge in [0.25, 0.3) is 0 Å². The van der Waals surface area contributed by atoms with Crippen molar-refractivity contribution in [3.8, 4) is 0 Å². The van der Waals surface area contributed by atoms with Gasteiger partial charge in [0.1, 0.15) is 6.61 Å². The fraction of sp³-hybridized carbons (Fsp3) is 0.917. The van der Waals surface area contributed by atoms with Crippen LogP contribution in [-0.2, 0) is 14.3 Å². The molecule has 2 unspecified atom stereocenters. The Labute approximate surface area is 98.7 Å². The number of rotatable bonds is 9. The van der Waals surface area contributed by atoms with E-state index in [0.29, 0.717) is 25.2 Å². The molecule has 0 aromatic heterocycles. The maximum Gasteiger partial charge on any atom is 0.332 e. The van der Waals surface area contributed by atoms with Crippen LogP contribution in [0.1, 0.15) is 34.1 Å². The van der Waals surface area contributed by atoms with Crippen LogP contribution < -0.4 is 5.32 Å². The highest BCUT2D eigenvalue weighted by molar-refractivity contribution is 5.70. The molecule has 0 bridgehead atoms. The van der Waals surface area contributed by atoms with Crippen LogP contribution in [0.3, 0.4) is 0 Å². The van der Waals surface area contributed by atoms with E-state index in [9.17, 15) is 4.79 Å². The van der Waals surface area contributed by atoms with Crippen molar-refractivity contribution in [2.24, 2.45) is 5.92 Å². The number of hydrogen-bond donors (Lipinski definition) is 1. The summed E-state index contributed by atoms with van der Waals surface area (Å²) in [6.45, 7) is 10.1. The summed E-state index contributed by atoms with van der Waals surface area (Å²) in [7, 11) is 0. The number of nitrogens with one attached hydrogen (secondary N) is 1. The Kier molecular flexibility index (Phi) is 9.24. The normalized spacial score (nSPS) is 14.5.